The van der Waals surface area contributed by atoms with Crippen molar-refractivity contribution < 1.29 is 9.53 Å². The fourth-order valence-electron chi connectivity index (χ4n) is 4.83. The normalized spacial score (nSPS) is 18.1. The van der Waals surface area contributed by atoms with Crippen LogP contribution in [0.3, 0.4) is 0 Å². The van der Waals surface area contributed by atoms with Crippen LogP contribution in [-0.2, 0) is 30.8 Å². The number of nitrogens with two attached hydrogens (primary N) is 1. The molecular formula is C23H30N6O2. The predicted octanol–water partition coefficient (Wildman–Crippen LogP) is 2.49. The minimum absolute atomic E-state index is 0.178. The second kappa shape index (κ2) is 8.70. The SMILES string of the molecule is NC(=O)Cn1ccc2c(OC3CCN(Cc4nnc5n4CCCCC5)CC3)cccc21. The van der Waals surface area contributed by atoms with Gasteiger partial charge in [0, 0.05) is 37.6 Å². The van der Waals surface area contributed by atoms with Gasteiger partial charge in [0.2, 0.25) is 5.91 Å². The standard InChI is InChI=1S/C23H30N6O2/c24-21(30)15-28-14-10-18-19(28)5-4-6-20(18)31-17-8-12-27(13-9-17)16-23-26-25-22-7-2-1-3-11-29(22)23/h4-6,10,14,17H,1-3,7-9,11-13,15-16H2,(H2,24,30). The number of primary amides is 1. The van der Waals surface area contributed by atoms with Crippen molar-refractivity contribution in [2.75, 3.05) is 13.1 Å². The molecule has 0 unspecified atom stereocenters. The minimum Gasteiger partial charge on any atom is -0.490 e. The van der Waals surface area contributed by atoms with E-state index in [4.69, 9.17) is 10.5 Å². The summed E-state index contributed by atoms with van der Waals surface area (Å²) in [6, 6.07) is 7.98. The van der Waals surface area contributed by atoms with Crippen molar-refractivity contribution in [2.24, 2.45) is 5.73 Å². The highest BCUT2D eigenvalue weighted by Gasteiger charge is 2.24. The van der Waals surface area contributed by atoms with Crippen LogP contribution in [0.15, 0.2) is 30.5 Å². The molecule has 164 valence electrons. The van der Waals surface area contributed by atoms with Crippen LogP contribution in [-0.4, -0.2) is 49.3 Å². The average Bonchev–Trinajstić information content (AvgIpc) is 3.25. The number of carbonyl (C=O) groups is 1. The van der Waals surface area contributed by atoms with E-state index in [0.717, 1.165) is 73.7 Å². The number of ether oxygens (including phenoxy) is 1. The largest absolute Gasteiger partial charge is 0.490 e. The van der Waals surface area contributed by atoms with Crippen LogP contribution < -0.4 is 10.5 Å². The molecule has 0 aliphatic carbocycles. The van der Waals surface area contributed by atoms with Crippen molar-refractivity contribution in [1.29, 1.82) is 0 Å². The lowest BCUT2D eigenvalue weighted by Crippen LogP contribution is -2.38. The Hall–Kier alpha value is -2.87. The van der Waals surface area contributed by atoms with Crippen LogP contribution in [0.4, 0.5) is 0 Å². The number of nitrogens with zero attached hydrogens (tertiary/aromatic N) is 5. The van der Waals surface area contributed by atoms with Gasteiger partial charge in [0.25, 0.3) is 0 Å². The van der Waals surface area contributed by atoms with Gasteiger partial charge in [-0.1, -0.05) is 12.5 Å². The monoisotopic (exact) mass is 422 g/mol. The van der Waals surface area contributed by atoms with Gasteiger partial charge in [0.1, 0.15) is 30.0 Å². The van der Waals surface area contributed by atoms with Crippen molar-refractivity contribution in [3.05, 3.63) is 42.1 Å². The van der Waals surface area contributed by atoms with Gasteiger partial charge in [0.05, 0.1) is 12.1 Å². The molecule has 3 aromatic rings. The van der Waals surface area contributed by atoms with Crippen molar-refractivity contribution in [2.45, 2.75) is 64.3 Å². The molecule has 1 amide bonds. The van der Waals surface area contributed by atoms with Crippen LogP contribution in [0, 0.1) is 0 Å². The summed E-state index contributed by atoms with van der Waals surface area (Å²) in [5.41, 5.74) is 6.34. The van der Waals surface area contributed by atoms with Crippen LogP contribution in [0.5, 0.6) is 5.75 Å². The Labute approximate surface area is 182 Å². The number of rotatable bonds is 6. The molecule has 31 heavy (non-hydrogen) atoms. The molecule has 2 aromatic heterocycles. The second-order valence-corrected chi connectivity index (χ2v) is 8.69. The molecule has 8 heteroatoms. The van der Waals surface area contributed by atoms with E-state index >= 15 is 0 Å². The summed E-state index contributed by atoms with van der Waals surface area (Å²) >= 11 is 0. The molecule has 0 atom stereocenters. The number of aryl methyl sites for hydroxylation is 1. The number of piperidine rings is 1. The number of likely N-dealkylation sites (tertiary alicyclic amines) is 1. The zero-order valence-electron chi connectivity index (χ0n) is 17.9. The summed E-state index contributed by atoms with van der Waals surface area (Å²) in [7, 11) is 0. The first-order chi connectivity index (χ1) is 15.2. The molecule has 4 heterocycles. The smallest absolute Gasteiger partial charge is 0.237 e. The first kappa shape index (κ1) is 20.1. The summed E-state index contributed by atoms with van der Waals surface area (Å²) in [4.78, 5) is 13.8. The number of hydrogen-bond donors (Lipinski definition) is 1. The molecule has 1 fully saturated rings. The number of fused-ring (bicyclic) bond motifs is 2. The van der Waals surface area contributed by atoms with Gasteiger partial charge in [-0.05, 0) is 43.9 Å². The highest BCUT2D eigenvalue weighted by molar-refractivity contribution is 5.87. The van der Waals surface area contributed by atoms with Crippen LogP contribution >= 0.6 is 0 Å². The Kier molecular flexibility index (Phi) is 5.63. The van der Waals surface area contributed by atoms with E-state index in [1.165, 1.54) is 19.3 Å². The van der Waals surface area contributed by atoms with Crippen molar-refractivity contribution in [3.63, 3.8) is 0 Å². The summed E-state index contributed by atoms with van der Waals surface area (Å²) in [6.45, 7) is 4.08. The molecule has 1 saturated heterocycles. The lowest BCUT2D eigenvalue weighted by atomic mass is 10.1. The zero-order chi connectivity index (χ0) is 21.2. The average molecular weight is 423 g/mol. The van der Waals surface area contributed by atoms with Gasteiger partial charge in [-0.15, -0.1) is 10.2 Å². The minimum atomic E-state index is -0.347. The molecule has 0 bridgehead atoms. The topological polar surface area (TPSA) is 91.2 Å². The van der Waals surface area contributed by atoms with E-state index in [-0.39, 0.29) is 18.6 Å². The first-order valence-corrected chi connectivity index (χ1v) is 11.3. The summed E-state index contributed by atoms with van der Waals surface area (Å²) in [6.07, 6.45) is 8.84. The third-order valence-electron chi connectivity index (χ3n) is 6.48. The Morgan fingerprint density at radius 1 is 1.10 bits per heavy atom. The molecule has 0 spiro atoms. The van der Waals surface area contributed by atoms with Crippen molar-refractivity contribution in [3.8, 4) is 5.75 Å². The van der Waals surface area contributed by atoms with Gasteiger partial charge in [0.15, 0.2) is 0 Å². The van der Waals surface area contributed by atoms with Crippen molar-refractivity contribution in [1.82, 2.24) is 24.2 Å². The lowest BCUT2D eigenvalue weighted by Gasteiger charge is -2.32. The fraction of sp³-hybridized carbons (Fsp3) is 0.522. The maximum absolute atomic E-state index is 11.3. The fourth-order valence-corrected chi connectivity index (χ4v) is 4.83. The number of hydrogen-bond acceptors (Lipinski definition) is 5. The molecule has 2 aliphatic rings. The lowest BCUT2D eigenvalue weighted by molar-refractivity contribution is -0.118. The van der Waals surface area contributed by atoms with E-state index in [1.807, 2.05) is 35.0 Å². The van der Waals surface area contributed by atoms with Crippen molar-refractivity contribution >= 4 is 16.8 Å². The number of aromatic nitrogens is 4. The molecule has 0 saturated carbocycles. The Morgan fingerprint density at radius 2 is 1.97 bits per heavy atom. The van der Waals surface area contributed by atoms with E-state index in [9.17, 15) is 4.79 Å². The molecule has 5 rings (SSSR count). The summed E-state index contributed by atoms with van der Waals surface area (Å²) in [5, 5.41) is 9.94. The Morgan fingerprint density at radius 3 is 2.81 bits per heavy atom. The molecule has 2 aliphatic heterocycles. The van der Waals surface area contributed by atoms with E-state index < -0.39 is 0 Å². The van der Waals surface area contributed by atoms with Gasteiger partial charge in [-0.2, -0.15) is 0 Å². The van der Waals surface area contributed by atoms with Gasteiger partial charge in [-0.25, -0.2) is 0 Å². The van der Waals surface area contributed by atoms with Crippen LogP contribution in [0.2, 0.25) is 0 Å². The zero-order valence-corrected chi connectivity index (χ0v) is 17.9. The maximum Gasteiger partial charge on any atom is 0.237 e. The summed E-state index contributed by atoms with van der Waals surface area (Å²) < 4.78 is 10.6. The van der Waals surface area contributed by atoms with E-state index in [2.05, 4.69) is 19.7 Å². The van der Waals surface area contributed by atoms with E-state index in [1.54, 1.807) is 0 Å². The van der Waals surface area contributed by atoms with Gasteiger partial charge in [-0.3, -0.25) is 9.69 Å². The highest BCUT2D eigenvalue weighted by atomic mass is 16.5. The third kappa shape index (κ3) is 4.30. The third-order valence-corrected chi connectivity index (χ3v) is 6.48. The van der Waals surface area contributed by atoms with Crippen LogP contribution in [0.1, 0.15) is 43.8 Å². The number of amides is 1. The highest BCUT2D eigenvalue weighted by Crippen LogP contribution is 2.29. The predicted molar refractivity (Wildman–Crippen MR) is 118 cm³/mol. The Bertz CT molecular complexity index is 1060. The second-order valence-electron chi connectivity index (χ2n) is 8.69. The molecule has 2 N–H and O–H groups in total. The molecule has 1 aromatic carbocycles. The molecule has 0 radical (unpaired) electrons. The maximum atomic E-state index is 11.3. The molecular weight excluding hydrogens is 392 g/mol. The quantitative estimate of drug-likeness (QED) is 0.659. The van der Waals surface area contributed by atoms with E-state index in [0.29, 0.717) is 0 Å². The Balaban J connectivity index is 1.20. The number of carbonyl (C=O) groups excluding carboxylic acids is 1. The summed E-state index contributed by atoms with van der Waals surface area (Å²) in [5.74, 6) is 2.79. The first-order valence-electron chi connectivity index (χ1n) is 11.3. The van der Waals surface area contributed by atoms with Gasteiger partial charge < -0.3 is 19.6 Å². The molecule has 8 nitrogen and oxygen atoms in total. The van der Waals surface area contributed by atoms with Crippen LogP contribution in [0.25, 0.3) is 10.9 Å². The van der Waals surface area contributed by atoms with Gasteiger partial charge >= 0.3 is 0 Å². The number of benzene rings is 1.